The summed E-state index contributed by atoms with van der Waals surface area (Å²) in [6.07, 6.45) is 2.70. The fourth-order valence-electron chi connectivity index (χ4n) is 0.896. The molecule has 0 heterocycles. The molecule has 0 radical (unpaired) electrons. The van der Waals surface area contributed by atoms with E-state index in [1.54, 1.807) is 18.7 Å². The van der Waals surface area contributed by atoms with Gasteiger partial charge in [0.2, 0.25) is 0 Å². The molecule has 0 spiro atoms. The van der Waals surface area contributed by atoms with Gasteiger partial charge < -0.3 is 4.74 Å². The molecular weight excluding hydrogens is 188 g/mol. The van der Waals surface area contributed by atoms with Gasteiger partial charge in [-0.25, -0.2) is 0 Å². The third-order valence-corrected chi connectivity index (χ3v) is 2.42. The van der Waals surface area contributed by atoms with E-state index < -0.39 is 0 Å². The molecule has 0 bridgehead atoms. The molecule has 13 heavy (non-hydrogen) atoms. The average molecular weight is 204 g/mol. The normalized spacial score (nSPS) is 12.2. The first-order chi connectivity index (χ1) is 6.11. The SMILES string of the molecule is COC(=O)CC(C)C(=O)CCSC. The second-order valence-electron chi connectivity index (χ2n) is 2.89. The second kappa shape index (κ2) is 6.95. The maximum absolute atomic E-state index is 11.3. The van der Waals surface area contributed by atoms with Crippen molar-refractivity contribution >= 4 is 23.5 Å². The largest absolute Gasteiger partial charge is 0.469 e. The lowest BCUT2D eigenvalue weighted by Crippen LogP contribution is -2.16. The lowest BCUT2D eigenvalue weighted by atomic mass is 10.0. The van der Waals surface area contributed by atoms with Crippen molar-refractivity contribution in [3.8, 4) is 0 Å². The number of ether oxygens (including phenoxy) is 1. The van der Waals surface area contributed by atoms with Crippen molar-refractivity contribution in [2.24, 2.45) is 5.92 Å². The minimum atomic E-state index is -0.315. The number of carbonyl (C=O) groups is 2. The Kier molecular flexibility index (Phi) is 6.68. The first-order valence-corrected chi connectivity index (χ1v) is 5.59. The van der Waals surface area contributed by atoms with Crippen molar-refractivity contribution in [3.63, 3.8) is 0 Å². The summed E-state index contributed by atoms with van der Waals surface area (Å²) in [5, 5.41) is 0. The van der Waals surface area contributed by atoms with Gasteiger partial charge in [-0.05, 0) is 12.0 Å². The van der Waals surface area contributed by atoms with Crippen LogP contribution in [-0.2, 0) is 14.3 Å². The van der Waals surface area contributed by atoms with E-state index in [1.807, 2.05) is 6.26 Å². The highest BCUT2D eigenvalue weighted by Crippen LogP contribution is 2.09. The number of hydrogen-bond donors (Lipinski definition) is 0. The average Bonchev–Trinajstić information content (AvgIpc) is 2.13. The number of ketones is 1. The van der Waals surface area contributed by atoms with Crippen LogP contribution in [0, 0.1) is 5.92 Å². The maximum atomic E-state index is 11.3. The van der Waals surface area contributed by atoms with E-state index in [2.05, 4.69) is 4.74 Å². The molecule has 0 aromatic carbocycles. The van der Waals surface area contributed by atoms with Crippen LogP contribution in [0.2, 0.25) is 0 Å². The Balaban J connectivity index is 3.75. The summed E-state index contributed by atoms with van der Waals surface area (Å²) >= 11 is 1.63. The third-order valence-electron chi connectivity index (χ3n) is 1.80. The van der Waals surface area contributed by atoms with Gasteiger partial charge in [-0.3, -0.25) is 9.59 Å². The first-order valence-electron chi connectivity index (χ1n) is 4.20. The van der Waals surface area contributed by atoms with Crippen molar-refractivity contribution in [1.29, 1.82) is 0 Å². The minimum absolute atomic E-state index is 0.139. The van der Waals surface area contributed by atoms with Crippen molar-refractivity contribution < 1.29 is 14.3 Å². The van der Waals surface area contributed by atoms with Gasteiger partial charge in [-0.2, -0.15) is 11.8 Å². The highest BCUT2D eigenvalue weighted by atomic mass is 32.2. The van der Waals surface area contributed by atoms with E-state index >= 15 is 0 Å². The Bertz CT molecular complexity index is 180. The Labute approximate surface area is 83.2 Å². The monoisotopic (exact) mass is 204 g/mol. The topological polar surface area (TPSA) is 43.4 Å². The molecule has 3 nitrogen and oxygen atoms in total. The van der Waals surface area contributed by atoms with Crippen molar-refractivity contribution in [1.82, 2.24) is 0 Å². The van der Waals surface area contributed by atoms with Gasteiger partial charge >= 0.3 is 5.97 Å². The van der Waals surface area contributed by atoms with Gasteiger partial charge in [-0.15, -0.1) is 0 Å². The van der Waals surface area contributed by atoms with E-state index in [1.165, 1.54) is 7.11 Å². The van der Waals surface area contributed by atoms with Crippen LogP contribution in [0.15, 0.2) is 0 Å². The molecule has 0 rings (SSSR count). The lowest BCUT2D eigenvalue weighted by Gasteiger charge is -2.07. The molecule has 0 saturated carbocycles. The van der Waals surface area contributed by atoms with E-state index in [0.717, 1.165) is 5.75 Å². The fraction of sp³-hybridized carbons (Fsp3) is 0.778. The number of esters is 1. The van der Waals surface area contributed by atoms with Crippen LogP contribution in [-0.4, -0.2) is 30.9 Å². The molecule has 0 aliphatic carbocycles. The summed E-state index contributed by atoms with van der Waals surface area (Å²) in [5.41, 5.74) is 0. The van der Waals surface area contributed by atoms with Gasteiger partial charge in [0.05, 0.1) is 13.5 Å². The predicted molar refractivity (Wildman–Crippen MR) is 53.8 cm³/mol. The Morgan fingerprint density at radius 1 is 1.46 bits per heavy atom. The van der Waals surface area contributed by atoms with Crippen LogP contribution in [0.5, 0.6) is 0 Å². The predicted octanol–water partition coefficient (Wildman–Crippen LogP) is 1.51. The smallest absolute Gasteiger partial charge is 0.306 e. The number of hydrogen-bond acceptors (Lipinski definition) is 4. The summed E-state index contributed by atoms with van der Waals surface area (Å²) in [4.78, 5) is 22.2. The molecule has 1 unspecified atom stereocenters. The van der Waals surface area contributed by atoms with Gasteiger partial charge in [0.15, 0.2) is 0 Å². The van der Waals surface area contributed by atoms with Crippen LogP contribution in [0.4, 0.5) is 0 Å². The molecular formula is C9H16O3S. The zero-order valence-corrected chi connectivity index (χ0v) is 9.15. The van der Waals surface area contributed by atoms with Gasteiger partial charge in [0.25, 0.3) is 0 Å². The summed E-state index contributed by atoms with van der Waals surface area (Å²) in [6, 6.07) is 0. The number of Topliss-reactive ketones (excluding diaryl/α,β-unsaturated/α-hetero) is 1. The van der Waals surface area contributed by atoms with E-state index in [-0.39, 0.29) is 24.1 Å². The van der Waals surface area contributed by atoms with Crippen LogP contribution in [0.1, 0.15) is 19.8 Å². The van der Waals surface area contributed by atoms with Crippen LogP contribution < -0.4 is 0 Å². The molecule has 76 valence electrons. The molecule has 0 aliphatic heterocycles. The second-order valence-corrected chi connectivity index (χ2v) is 3.88. The van der Waals surface area contributed by atoms with Gasteiger partial charge in [-0.1, -0.05) is 6.92 Å². The Morgan fingerprint density at radius 2 is 2.08 bits per heavy atom. The molecule has 0 N–H and O–H groups in total. The summed E-state index contributed by atoms with van der Waals surface area (Å²) in [5.74, 6) is 0.439. The third kappa shape index (κ3) is 5.69. The quantitative estimate of drug-likeness (QED) is 0.615. The molecule has 0 aliphatic rings. The zero-order chi connectivity index (χ0) is 10.3. The highest BCUT2D eigenvalue weighted by molar-refractivity contribution is 7.98. The number of thioether (sulfide) groups is 1. The highest BCUT2D eigenvalue weighted by Gasteiger charge is 2.16. The summed E-state index contributed by atoms with van der Waals surface area (Å²) in [6.45, 7) is 1.76. The molecule has 4 heteroatoms. The minimum Gasteiger partial charge on any atom is -0.469 e. The maximum Gasteiger partial charge on any atom is 0.306 e. The Hall–Kier alpha value is -0.510. The van der Waals surface area contributed by atoms with Crippen molar-refractivity contribution in [3.05, 3.63) is 0 Å². The van der Waals surface area contributed by atoms with E-state index in [9.17, 15) is 9.59 Å². The first kappa shape index (κ1) is 12.5. The van der Waals surface area contributed by atoms with Crippen LogP contribution in [0.3, 0.4) is 0 Å². The molecule has 0 amide bonds. The van der Waals surface area contributed by atoms with E-state index in [0.29, 0.717) is 6.42 Å². The molecule has 0 fully saturated rings. The van der Waals surface area contributed by atoms with Crippen molar-refractivity contribution in [2.45, 2.75) is 19.8 Å². The fourth-order valence-corrected chi connectivity index (χ4v) is 1.30. The molecule has 1 atom stereocenters. The standard InChI is InChI=1S/C9H16O3S/c1-7(6-9(11)12-2)8(10)4-5-13-3/h7H,4-6H2,1-3H3. The van der Waals surface area contributed by atoms with Crippen molar-refractivity contribution in [2.75, 3.05) is 19.1 Å². The molecule has 0 saturated heterocycles. The van der Waals surface area contributed by atoms with Crippen LogP contribution in [0.25, 0.3) is 0 Å². The summed E-state index contributed by atoms with van der Waals surface area (Å²) < 4.78 is 4.48. The van der Waals surface area contributed by atoms with E-state index in [4.69, 9.17) is 0 Å². The van der Waals surface area contributed by atoms with Crippen LogP contribution >= 0.6 is 11.8 Å². The lowest BCUT2D eigenvalue weighted by molar-refractivity contribution is -0.143. The Morgan fingerprint density at radius 3 is 2.54 bits per heavy atom. The number of rotatable bonds is 6. The number of methoxy groups -OCH3 is 1. The van der Waals surface area contributed by atoms with Gasteiger partial charge in [0.1, 0.15) is 5.78 Å². The van der Waals surface area contributed by atoms with Gasteiger partial charge in [0, 0.05) is 12.3 Å². The number of carbonyl (C=O) groups excluding carboxylic acids is 2. The molecule has 0 aromatic rings. The molecule has 0 aromatic heterocycles. The summed E-state index contributed by atoms with van der Waals surface area (Å²) in [7, 11) is 1.33. The zero-order valence-electron chi connectivity index (χ0n) is 8.33.